The van der Waals surface area contributed by atoms with Gasteiger partial charge in [0.25, 0.3) is 0 Å². The second kappa shape index (κ2) is 8.28. The fraction of sp³-hybridized carbons (Fsp3) is 0.438. The van der Waals surface area contributed by atoms with Crippen LogP contribution in [0, 0.1) is 0 Å². The predicted molar refractivity (Wildman–Crippen MR) is 79.4 cm³/mol. The van der Waals surface area contributed by atoms with E-state index < -0.39 is 36.4 Å². The molecule has 0 aliphatic carbocycles. The van der Waals surface area contributed by atoms with Gasteiger partial charge in [-0.3, -0.25) is 9.59 Å². The number of carboxylic acid groups (broad SMARTS) is 1. The Morgan fingerprint density at radius 3 is 2.65 bits per heavy atom. The highest BCUT2D eigenvalue weighted by atomic mass is 16.5. The molecule has 7 heteroatoms. The number of ether oxygens (including phenoxy) is 2. The minimum atomic E-state index is -1.32. The van der Waals surface area contributed by atoms with Crippen LogP contribution in [0.1, 0.15) is 24.8 Å². The summed E-state index contributed by atoms with van der Waals surface area (Å²) in [5.41, 5.74) is 0.802. The first-order valence-corrected chi connectivity index (χ1v) is 7.40. The summed E-state index contributed by atoms with van der Waals surface area (Å²) in [7, 11) is 0. The Balaban J connectivity index is 1.82. The summed E-state index contributed by atoms with van der Waals surface area (Å²) in [6, 6.07) is 7.72. The van der Waals surface area contributed by atoms with Crippen molar-refractivity contribution in [3.8, 4) is 0 Å². The molecule has 1 aliphatic rings. The van der Waals surface area contributed by atoms with Crippen LogP contribution in [0.3, 0.4) is 0 Å². The Labute approximate surface area is 133 Å². The standard InChI is InChI=1S/C16H19NO6/c18-14(23-10-11-5-2-1-3-6-11)9-12(16(20)21)17-15(19)13-7-4-8-22-13/h1-3,5-6,12-13H,4,7-10H2,(H,17,19)(H,20,21)/t12-,13-/m1/s1. The number of esters is 1. The quantitative estimate of drug-likeness (QED) is 0.723. The number of carbonyl (C=O) groups excluding carboxylic acids is 2. The molecule has 2 rings (SSSR count). The molecule has 23 heavy (non-hydrogen) atoms. The molecular formula is C16H19NO6. The highest BCUT2D eigenvalue weighted by molar-refractivity contribution is 5.89. The van der Waals surface area contributed by atoms with E-state index in [-0.39, 0.29) is 6.61 Å². The fourth-order valence-electron chi connectivity index (χ4n) is 2.21. The number of hydrogen-bond donors (Lipinski definition) is 2. The SMILES string of the molecule is O=C(C[C@@H](NC(=O)[C@H]1CCCO1)C(=O)O)OCc1ccccc1. The van der Waals surface area contributed by atoms with Gasteiger partial charge < -0.3 is 19.9 Å². The number of rotatable bonds is 7. The van der Waals surface area contributed by atoms with Crippen LogP contribution in [0.25, 0.3) is 0 Å². The normalized spacial score (nSPS) is 18.2. The molecule has 2 atom stereocenters. The van der Waals surface area contributed by atoms with Crippen LogP contribution in [-0.4, -0.2) is 41.7 Å². The van der Waals surface area contributed by atoms with Crippen LogP contribution in [-0.2, 0) is 30.5 Å². The first-order valence-electron chi connectivity index (χ1n) is 7.40. The van der Waals surface area contributed by atoms with Crippen molar-refractivity contribution in [1.82, 2.24) is 5.32 Å². The molecule has 0 saturated carbocycles. The third-order valence-corrected chi connectivity index (χ3v) is 3.45. The van der Waals surface area contributed by atoms with Gasteiger partial charge in [0, 0.05) is 6.61 Å². The Morgan fingerprint density at radius 2 is 2.04 bits per heavy atom. The van der Waals surface area contributed by atoms with E-state index in [2.05, 4.69) is 5.32 Å². The zero-order chi connectivity index (χ0) is 16.7. The van der Waals surface area contributed by atoms with E-state index in [0.717, 1.165) is 12.0 Å². The number of amides is 1. The summed E-state index contributed by atoms with van der Waals surface area (Å²) in [5, 5.41) is 11.5. The smallest absolute Gasteiger partial charge is 0.326 e. The van der Waals surface area contributed by atoms with Crippen LogP contribution in [0.5, 0.6) is 0 Å². The number of carboxylic acids is 1. The summed E-state index contributed by atoms with van der Waals surface area (Å²) >= 11 is 0. The molecule has 0 aromatic heterocycles. The van der Waals surface area contributed by atoms with Gasteiger partial charge in [0.2, 0.25) is 5.91 Å². The van der Waals surface area contributed by atoms with Gasteiger partial charge in [-0.2, -0.15) is 0 Å². The molecule has 1 aliphatic heterocycles. The van der Waals surface area contributed by atoms with Crippen molar-refractivity contribution in [1.29, 1.82) is 0 Å². The van der Waals surface area contributed by atoms with E-state index in [1.165, 1.54) is 0 Å². The first-order chi connectivity index (χ1) is 11.1. The third kappa shape index (κ3) is 5.37. The number of hydrogen-bond acceptors (Lipinski definition) is 5. The molecule has 0 spiro atoms. The molecule has 1 heterocycles. The Bertz CT molecular complexity index is 553. The van der Waals surface area contributed by atoms with E-state index in [0.29, 0.717) is 13.0 Å². The van der Waals surface area contributed by atoms with Crippen molar-refractivity contribution in [2.75, 3.05) is 6.61 Å². The van der Waals surface area contributed by atoms with Crippen LogP contribution in [0.15, 0.2) is 30.3 Å². The zero-order valence-corrected chi connectivity index (χ0v) is 12.6. The Hall–Kier alpha value is -2.41. The summed E-state index contributed by atoms with van der Waals surface area (Å²) in [6.45, 7) is 0.542. The molecule has 0 radical (unpaired) electrons. The molecule has 7 nitrogen and oxygen atoms in total. The van der Waals surface area contributed by atoms with Crippen LogP contribution < -0.4 is 5.32 Å². The van der Waals surface area contributed by atoms with Crippen molar-refractivity contribution in [2.24, 2.45) is 0 Å². The highest BCUT2D eigenvalue weighted by Crippen LogP contribution is 2.12. The second-order valence-electron chi connectivity index (χ2n) is 5.25. The van der Waals surface area contributed by atoms with Gasteiger partial charge in [0.1, 0.15) is 18.8 Å². The van der Waals surface area contributed by atoms with Gasteiger partial charge in [0.05, 0.1) is 6.42 Å². The van der Waals surface area contributed by atoms with Crippen molar-refractivity contribution in [2.45, 2.75) is 38.0 Å². The number of nitrogens with one attached hydrogen (secondary N) is 1. The molecule has 0 unspecified atom stereocenters. The van der Waals surface area contributed by atoms with Gasteiger partial charge in [-0.15, -0.1) is 0 Å². The maximum absolute atomic E-state index is 11.9. The molecule has 2 N–H and O–H groups in total. The molecule has 1 fully saturated rings. The summed E-state index contributed by atoms with van der Waals surface area (Å²) in [6.07, 6.45) is 0.240. The highest BCUT2D eigenvalue weighted by Gasteiger charge is 2.29. The van der Waals surface area contributed by atoms with Crippen LogP contribution >= 0.6 is 0 Å². The van der Waals surface area contributed by atoms with E-state index in [9.17, 15) is 14.4 Å². The summed E-state index contributed by atoms with van der Waals surface area (Å²) in [5.74, 6) is -2.48. The van der Waals surface area contributed by atoms with E-state index in [1.54, 1.807) is 12.1 Å². The van der Waals surface area contributed by atoms with Crippen LogP contribution in [0.4, 0.5) is 0 Å². The van der Waals surface area contributed by atoms with Gasteiger partial charge in [0.15, 0.2) is 0 Å². The first kappa shape index (κ1) is 17.0. The minimum Gasteiger partial charge on any atom is -0.480 e. The maximum Gasteiger partial charge on any atom is 0.326 e. The van der Waals surface area contributed by atoms with Gasteiger partial charge in [-0.25, -0.2) is 4.79 Å². The van der Waals surface area contributed by atoms with Crippen molar-refractivity contribution in [3.05, 3.63) is 35.9 Å². The van der Waals surface area contributed by atoms with Gasteiger partial charge in [-0.05, 0) is 18.4 Å². The Kier molecular flexibility index (Phi) is 6.10. The van der Waals surface area contributed by atoms with E-state index in [4.69, 9.17) is 14.6 Å². The molecule has 1 aromatic carbocycles. The predicted octanol–water partition coefficient (Wildman–Crippen LogP) is 0.868. The average Bonchev–Trinajstić information content (AvgIpc) is 3.07. The zero-order valence-electron chi connectivity index (χ0n) is 12.6. The van der Waals surface area contributed by atoms with Crippen molar-refractivity contribution < 1.29 is 29.0 Å². The van der Waals surface area contributed by atoms with Crippen LogP contribution in [0.2, 0.25) is 0 Å². The molecular weight excluding hydrogens is 302 g/mol. The molecule has 0 bridgehead atoms. The maximum atomic E-state index is 11.9. The van der Waals surface area contributed by atoms with E-state index >= 15 is 0 Å². The summed E-state index contributed by atoms with van der Waals surface area (Å²) in [4.78, 5) is 34.8. The lowest BCUT2D eigenvalue weighted by Gasteiger charge is -2.16. The minimum absolute atomic E-state index is 0.0612. The van der Waals surface area contributed by atoms with Crippen molar-refractivity contribution >= 4 is 17.8 Å². The third-order valence-electron chi connectivity index (χ3n) is 3.45. The molecule has 1 amide bonds. The lowest BCUT2D eigenvalue weighted by molar-refractivity contribution is -0.151. The largest absolute Gasteiger partial charge is 0.480 e. The second-order valence-corrected chi connectivity index (χ2v) is 5.25. The number of carbonyl (C=O) groups is 3. The Morgan fingerprint density at radius 1 is 1.30 bits per heavy atom. The summed E-state index contributed by atoms with van der Waals surface area (Å²) < 4.78 is 10.2. The van der Waals surface area contributed by atoms with Gasteiger partial charge >= 0.3 is 11.9 Å². The number of aliphatic carboxylic acids is 1. The topological polar surface area (TPSA) is 102 Å². The lowest BCUT2D eigenvalue weighted by Crippen LogP contribution is -2.46. The number of benzene rings is 1. The fourth-order valence-corrected chi connectivity index (χ4v) is 2.21. The monoisotopic (exact) mass is 321 g/mol. The lowest BCUT2D eigenvalue weighted by atomic mass is 10.1. The molecule has 124 valence electrons. The van der Waals surface area contributed by atoms with E-state index in [1.807, 2.05) is 18.2 Å². The average molecular weight is 321 g/mol. The van der Waals surface area contributed by atoms with Gasteiger partial charge in [-0.1, -0.05) is 30.3 Å². The molecule has 1 saturated heterocycles. The molecule has 1 aromatic rings. The van der Waals surface area contributed by atoms with Crippen molar-refractivity contribution in [3.63, 3.8) is 0 Å².